The molecule has 1 N–H and O–H groups in total. The van der Waals surface area contributed by atoms with E-state index in [9.17, 15) is 22.4 Å². The van der Waals surface area contributed by atoms with Gasteiger partial charge in [-0.2, -0.15) is 0 Å². The number of carbonyl (C=O) groups is 2. The van der Waals surface area contributed by atoms with E-state index < -0.39 is 34.3 Å². The number of carbonyl (C=O) groups excluding carboxylic acids is 2. The molecule has 226 valence electrons. The van der Waals surface area contributed by atoms with Gasteiger partial charge in [-0.25, -0.2) is 12.8 Å². The molecule has 0 bridgehead atoms. The van der Waals surface area contributed by atoms with Crippen LogP contribution in [0.1, 0.15) is 25.8 Å². The highest BCUT2D eigenvalue weighted by molar-refractivity contribution is 7.92. The molecule has 0 heterocycles. The van der Waals surface area contributed by atoms with Crippen molar-refractivity contribution in [2.45, 2.75) is 37.8 Å². The maximum absolute atomic E-state index is 14.0. The Hall–Kier alpha value is -4.32. The van der Waals surface area contributed by atoms with Crippen molar-refractivity contribution in [2.75, 3.05) is 38.7 Å². The molecule has 3 rings (SSSR count). The Bertz CT molecular complexity index is 1480. The van der Waals surface area contributed by atoms with E-state index in [1.54, 1.807) is 31.2 Å². The van der Waals surface area contributed by atoms with Gasteiger partial charge in [0.2, 0.25) is 11.8 Å². The third kappa shape index (κ3) is 7.69. The van der Waals surface area contributed by atoms with Crippen LogP contribution in [0.4, 0.5) is 10.1 Å². The van der Waals surface area contributed by atoms with Crippen LogP contribution in [0.25, 0.3) is 0 Å². The lowest BCUT2D eigenvalue weighted by molar-refractivity contribution is -0.139. The summed E-state index contributed by atoms with van der Waals surface area (Å²) in [6, 6.07) is 14.9. The minimum Gasteiger partial charge on any atom is -0.497 e. The van der Waals surface area contributed by atoms with Gasteiger partial charge in [-0.05, 0) is 67.4 Å². The van der Waals surface area contributed by atoms with Crippen LogP contribution in [0.15, 0.2) is 71.6 Å². The smallest absolute Gasteiger partial charge is 0.264 e. The van der Waals surface area contributed by atoms with Gasteiger partial charge in [-0.3, -0.25) is 13.9 Å². The molecule has 3 aromatic carbocycles. The number of anilines is 1. The zero-order chi connectivity index (χ0) is 30.9. The number of hydrogen-bond donors (Lipinski definition) is 1. The van der Waals surface area contributed by atoms with Gasteiger partial charge in [0.05, 0.1) is 31.9 Å². The number of methoxy groups -OCH3 is 3. The van der Waals surface area contributed by atoms with Gasteiger partial charge in [0.25, 0.3) is 10.0 Å². The lowest BCUT2D eigenvalue weighted by Crippen LogP contribution is -2.51. The summed E-state index contributed by atoms with van der Waals surface area (Å²) in [7, 11) is -0.0803. The van der Waals surface area contributed by atoms with Crippen LogP contribution in [-0.2, 0) is 26.2 Å². The minimum atomic E-state index is -4.39. The molecular formula is C30H36FN3O7S. The molecule has 12 heteroatoms. The lowest BCUT2D eigenvalue weighted by Gasteiger charge is -2.32. The molecule has 10 nitrogen and oxygen atoms in total. The Morgan fingerprint density at radius 1 is 0.929 bits per heavy atom. The first-order valence-corrected chi connectivity index (χ1v) is 14.7. The fourth-order valence-corrected chi connectivity index (χ4v) is 5.62. The fourth-order valence-electron chi connectivity index (χ4n) is 4.19. The van der Waals surface area contributed by atoms with Gasteiger partial charge in [0.15, 0.2) is 11.5 Å². The molecule has 0 saturated carbocycles. The lowest BCUT2D eigenvalue weighted by atomic mass is 10.1. The van der Waals surface area contributed by atoms with Crippen LogP contribution in [-0.4, -0.2) is 65.6 Å². The number of halogens is 1. The Morgan fingerprint density at radius 3 is 2.24 bits per heavy atom. The average molecular weight is 602 g/mol. The zero-order valence-corrected chi connectivity index (χ0v) is 25.1. The van der Waals surface area contributed by atoms with E-state index in [-0.39, 0.29) is 28.8 Å². The van der Waals surface area contributed by atoms with Gasteiger partial charge in [0.1, 0.15) is 24.2 Å². The standard InChI is InChI=1S/C30H36FN3O7S/c1-6-16-32-30(36)21(2)33(19-22-8-7-9-25(17-22)39-3)29(35)20-34(24-12-10-23(31)11-13-24)42(37,38)26-14-15-27(40-4)28(18-26)41-5/h7-15,17-18,21H,6,16,19-20H2,1-5H3,(H,32,36)/t21-/m0/s1. The fraction of sp³-hybridized carbons (Fsp3) is 0.333. The molecule has 42 heavy (non-hydrogen) atoms. The van der Waals surface area contributed by atoms with Crippen molar-refractivity contribution in [3.63, 3.8) is 0 Å². The number of sulfonamides is 1. The first kappa shape index (κ1) is 32.2. The number of nitrogens with zero attached hydrogens (tertiary/aromatic N) is 2. The summed E-state index contributed by atoms with van der Waals surface area (Å²) in [6.07, 6.45) is 0.699. The second-order valence-electron chi connectivity index (χ2n) is 9.35. The van der Waals surface area contributed by atoms with E-state index in [1.165, 1.54) is 56.6 Å². The van der Waals surface area contributed by atoms with Crippen molar-refractivity contribution >= 4 is 27.5 Å². The van der Waals surface area contributed by atoms with Crippen LogP contribution >= 0.6 is 0 Å². The number of benzene rings is 3. The van der Waals surface area contributed by atoms with Crippen molar-refractivity contribution in [1.29, 1.82) is 0 Å². The molecule has 0 aliphatic rings. The largest absolute Gasteiger partial charge is 0.497 e. The summed E-state index contributed by atoms with van der Waals surface area (Å²) in [6.45, 7) is 3.24. The Labute approximate surface area is 246 Å². The van der Waals surface area contributed by atoms with Crippen molar-refractivity contribution in [3.05, 3.63) is 78.1 Å². The Morgan fingerprint density at radius 2 is 1.62 bits per heavy atom. The topological polar surface area (TPSA) is 114 Å². The molecule has 3 aromatic rings. The Kier molecular flexibility index (Phi) is 11.1. The number of amides is 2. The second kappa shape index (κ2) is 14.5. The number of rotatable bonds is 14. The molecule has 0 aliphatic carbocycles. The van der Waals surface area contributed by atoms with Crippen LogP contribution in [0.3, 0.4) is 0 Å². The highest BCUT2D eigenvalue weighted by Gasteiger charge is 2.33. The molecular weight excluding hydrogens is 565 g/mol. The maximum atomic E-state index is 14.0. The predicted octanol–water partition coefficient (Wildman–Crippen LogP) is 3.99. The van der Waals surface area contributed by atoms with Gasteiger partial charge in [-0.1, -0.05) is 19.1 Å². The molecule has 0 unspecified atom stereocenters. The molecule has 0 aromatic heterocycles. The van der Waals surface area contributed by atoms with Crippen molar-refractivity contribution in [1.82, 2.24) is 10.2 Å². The highest BCUT2D eigenvalue weighted by atomic mass is 32.2. The van der Waals surface area contributed by atoms with Crippen LogP contribution in [0.5, 0.6) is 17.2 Å². The normalized spacial score (nSPS) is 11.8. The van der Waals surface area contributed by atoms with E-state index in [1.807, 2.05) is 6.92 Å². The highest BCUT2D eigenvalue weighted by Crippen LogP contribution is 2.32. The van der Waals surface area contributed by atoms with Gasteiger partial charge < -0.3 is 24.4 Å². The van der Waals surface area contributed by atoms with Gasteiger partial charge >= 0.3 is 0 Å². The van der Waals surface area contributed by atoms with E-state index in [0.29, 0.717) is 30.0 Å². The Balaban J connectivity index is 2.06. The SMILES string of the molecule is CCCNC(=O)[C@H](C)N(Cc1cccc(OC)c1)C(=O)CN(c1ccc(F)cc1)S(=O)(=O)c1ccc(OC)c(OC)c1. The molecule has 1 atom stereocenters. The van der Waals surface area contributed by atoms with E-state index in [0.717, 1.165) is 16.4 Å². The summed E-state index contributed by atoms with van der Waals surface area (Å²) in [5.41, 5.74) is 0.734. The molecule has 0 saturated heterocycles. The quantitative estimate of drug-likeness (QED) is 0.297. The third-order valence-corrected chi connectivity index (χ3v) is 8.31. The average Bonchev–Trinajstić information content (AvgIpc) is 3.00. The summed E-state index contributed by atoms with van der Waals surface area (Å²) in [5, 5.41) is 2.79. The zero-order valence-electron chi connectivity index (χ0n) is 24.3. The van der Waals surface area contributed by atoms with E-state index >= 15 is 0 Å². The summed E-state index contributed by atoms with van der Waals surface area (Å²) in [4.78, 5) is 28.1. The van der Waals surface area contributed by atoms with Crippen LogP contribution in [0.2, 0.25) is 0 Å². The second-order valence-corrected chi connectivity index (χ2v) is 11.2. The number of ether oxygens (including phenoxy) is 3. The molecule has 0 radical (unpaired) electrons. The summed E-state index contributed by atoms with van der Waals surface area (Å²) in [5.74, 6) is -0.557. The number of nitrogens with one attached hydrogen (secondary N) is 1. The molecule has 0 fully saturated rings. The first-order valence-electron chi connectivity index (χ1n) is 13.3. The predicted molar refractivity (Wildman–Crippen MR) is 157 cm³/mol. The van der Waals surface area contributed by atoms with Crippen molar-refractivity contribution in [2.24, 2.45) is 0 Å². The monoisotopic (exact) mass is 601 g/mol. The maximum Gasteiger partial charge on any atom is 0.264 e. The summed E-state index contributed by atoms with van der Waals surface area (Å²) < 4.78 is 58.5. The van der Waals surface area contributed by atoms with E-state index in [2.05, 4.69) is 5.32 Å². The number of hydrogen-bond acceptors (Lipinski definition) is 7. The molecule has 0 spiro atoms. The minimum absolute atomic E-state index is 0.00437. The summed E-state index contributed by atoms with van der Waals surface area (Å²) >= 11 is 0. The first-order chi connectivity index (χ1) is 20.0. The third-order valence-electron chi connectivity index (χ3n) is 6.54. The molecule has 2 amide bonds. The van der Waals surface area contributed by atoms with E-state index in [4.69, 9.17) is 14.2 Å². The van der Waals surface area contributed by atoms with Crippen molar-refractivity contribution < 1.29 is 36.6 Å². The van der Waals surface area contributed by atoms with Gasteiger partial charge in [0, 0.05) is 19.2 Å². The molecule has 0 aliphatic heterocycles. The van der Waals surface area contributed by atoms with Crippen LogP contribution < -0.4 is 23.8 Å². The van der Waals surface area contributed by atoms with Gasteiger partial charge in [-0.15, -0.1) is 0 Å². The van der Waals surface area contributed by atoms with Crippen LogP contribution in [0, 0.1) is 5.82 Å². The van der Waals surface area contributed by atoms with Crippen molar-refractivity contribution in [3.8, 4) is 17.2 Å².